The molecule has 0 spiro atoms. The molecule has 0 N–H and O–H groups in total. The molecule has 0 atom stereocenters. The van der Waals surface area contributed by atoms with Crippen LogP contribution in [0.3, 0.4) is 0 Å². The van der Waals surface area contributed by atoms with Gasteiger partial charge in [-0.25, -0.2) is 0 Å². The molecule has 0 radical (unpaired) electrons. The zero-order valence-electron chi connectivity index (χ0n) is 13.1. The summed E-state index contributed by atoms with van der Waals surface area (Å²) in [6.07, 6.45) is 1.70. The zero-order valence-corrected chi connectivity index (χ0v) is 13.1. The molecule has 0 saturated carbocycles. The number of fused-ring (bicyclic) bond motifs is 1. The van der Waals surface area contributed by atoms with Crippen LogP contribution in [0.1, 0.15) is 36.7 Å². The van der Waals surface area contributed by atoms with Gasteiger partial charge < -0.3 is 9.47 Å². The predicted octanol–water partition coefficient (Wildman–Crippen LogP) is 2.81. The second-order valence-electron chi connectivity index (χ2n) is 5.16. The second-order valence-corrected chi connectivity index (χ2v) is 5.16. The first-order valence-electron chi connectivity index (χ1n) is 7.46. The van der Waals surface area contributed by atoms with Crippen molar-refractivity contribution < 1.29 is 4.79 Å². The van der Waals surface area contributed by atoms with Crippen LogP contribution in [-0.4, -0.2) is 28.5 Å². The van der Waals surface area contributed by atoms with Crippen LogP contribution in [0.25, 0.3) is 10.9 Å². The first-order chi connectivity index (χ1) is 10.0. The van der Waals surface area contributed by atoms with Crippen LogP contribution < -0.4 is 5.43 Å². The Kier molecular flexibility index (Phi) is 4.46. The summed E-state index contributed by atoms with van der Waals surface area (Å²) in [4.78, 5) is 26.9. The van der Waals surface area contributed by atoms with E-state index in [1.54, 1.807) is 11.1 Å². The average molecular weight is 286 g/mol. The van der Waals surface area contributed by atoms with Gasteiger partial charge in [0.25, 0.3) is 5.91 Å². The van der Waals surface area contributed by atoms with E-state index >= 15 is 0 Å². The fourth-order valence-corrected chi connectivity index (χ4v) is 2.61. The molecule has 1 heterocycles. The largest absolute Gasteiger partial charge is 0.347 e. The third-order valence-electron chi connectivity index (χ3n) is 3.86. The molecule has 4 heteroatoms. The van der Waals surface area contributed by atoms with Crippen molar-refractivity contribution in [1.82, 2.24) is 9.47 Å². The monoisotopic (exact) mass is 286 g/mol. The van der Waals surface area contributed by atoms with Gasteiger partial charge in [0, 0.05) is 31.2 Å². The molecule has 0 unspecified atom stereocenters. The molecule has 2 aromatic rings. The maximum Gasteiger partial charge on any atom is 0.259 e. The van der Waals surface area contributed by atoms with E-state index in [-0.39, 0.29) is 16.9 Å². The Morgan fingerprint density at radius 2 is 1.86 bits per heavy atom. The number of amides is 1. The molecule has 0 aliphatic rings. The van der Waals surface area contributed by atoms with E-state index in [2.05, 4.69) is 0 Å². The quantitative estimate of drug-likeness (QED) is 0.867. The normalized spacial score (nSPS) is 10.9. The second kappa shape index (κ2) is 6.12. The number of rotatable bonds is 4. The van der Waals surface area contributed by atoms with Crippen LogP contribution in [-0.2, 0) is 6.54 Å². The molecule has 1 aromatic heterocycles. The summed E-state index contributed by atoms with van der Waals surface area (Å²) < 4.78 is 1.97. The average Bonchev–Trinajstić information content (AvgIpc) is 2.49. The highest BCUT2D eigenvalue weighted by Gasteiger charge is 2.19. The van der Waals surface area contributed by atoms with E-state index in [9.17, 15) is 9.59 Å². The molecule has 0 bridgehead atoms. The minimum absolute atomic E-state index is 0.171. The smallest absolute Gasteiger partial charge is 0.259 e. The minimum Gasteiger partial charge on any atom is -0.347 e. The van der Waals surface area contributed by atoms with Gasteiger partial charge in [0.2, 0.25) is 5.43 Å². The molecule has 4 nitrogen and oxygen atoms in total. The summed E-state index contributed by atoms with van der Waals surface area (Å²) >= 11 is 0. The Labute approximate surface area is 125 Å². The van der Waals surface area contributed by atoms with Crippen LogP contribution in [0.5, 0.6) is 0 Å². The summed E-state index contributed by atoms with van der Waals surface area (Å²) in [5, 5.41) is 0.620. The van der Waals surface area contributed by atoms with E-state index in [1.807, 2.05) is 50.5 Å². The number of carbonyl (C=O) groups excluding carboxylic acids is 1. The molecule has 112 valence electrons. The van der Waals surface area contributed by atoms with Gasteiger partial charge in [-0.3, -0.25) is 9.59 Å². The molecular formula is C17H22N2O2. The van der Waals surface area contributed by atoms with Crippen LogP contribution in [0.4, 0.5) is 0 Å². The molecular weight excluding hydrogens is 264 g/mol. The van der Waals surface area contributed by atoms with E-state index < -0.39 is 0 Å². The van der Waals surface area contributed by atoms with E-state index in [1.165, 1.54) is 0 Å². The number of benzene rings is 1. The predicted molar refractivity (Wildman–Crippen MR) is 85.9 cm³/mol. The Morgan fingerprint density at radius 1 is 1.19 bits per heavy atom. The lowest BCUT2D eigenvalue weighted by molar-refractivity contribution is 0.0771. The summed E-state index contributed by atoms with van der Waals surface area (Å²) in [6.45, 7) is 9.73. The number of aryl methyl sites for hydroxylation is 2. The van der Waals surface area contributed by atoms with Gasteiger partial charge in [-0.15, -0.1) is 0 Å². The van der Waals surface area contributed by atoms with Crippen molar-refractivity contribution in [3.8, 4) is 0 Å². The van der Waals surface area contributed by atoms with Crippen molar-refractivity contribution in [2.75, 3.05) is 13.1 Å². The summed E-state index contributed by atoms with van der Waals surface area (Å²) in [5.74, 6) is -0.185. The van der Waals surface area contributed by atoms with Gasteiger partial charge in [-0.1, -0.05) is 11.6 Å². The number of nitrogens with zero attached hydrogens (tertiary/aromatic N) is 2. The number of pyridine rings is 1. The Balaban J connectivity index is 2.73. The maximum atomic E-state index is 12.7. The van der Waals surface area contributed by atoms with Crippen molar-refractivity contribution in [3.63, 3.8) is 0 Å². The van der Waals surface area contributed by atoms with Crippen molar-refractivity contribution in [2.45, 2.75) is 34.2 Å². The number of aromatic nitrogens is 1. The van der Waals surface area contributed by atoms with E-state index in [0.29, 0.717) is 18.5 Å². The topological polar surface area (TPSA) is 42.3 Å². The lowest BCUT2D eigenvalue weighted by atomic mass is 10.1. The molecule has 0 fully saturated rings. The van der Waals surface area contributed by atoms with Gasteiger partial charge in [0.1, 0.15) is 5.56 Å². The van der Waals surface area contributed by atoms with Gasteiger partial charge in [0.15, 0.2) is 0 Å². The fraction of sp³-hybridized carbons (Fsp3) is 0.412. The van der Waals surface area contributed by atoms with Crippen molar-refractivity contribution in [1.29, 1.82) is 0 Å². The first kappa shape index (κ1) is 15.3. The Hall–Kier alpha value is -2.10. The highest BCUT2D eigenvalue weighted by atomic mass is 16.2. The minimum atomic E-state index is -0.185. The molecule has 1 aromatic carbocycles. The SMILES string of the molecule is CCN(CC)C(=O)c1cn(CC)c2ccc(C)cc2c1=O. The van der Waals surface area contributed by atoms with Gasteiger partial charge in [-0.05, 0) is 39.8 Å². The molecule has 2 rings (SSSR count). The van der Waals surface area contributed by atoms with Crippen LogP contribution in [0.2, 0.25) is 0 Å². The maximum absolute atomic E-state index is 12.7. The number of carbonyl (C=O) groups is 1. The van der Waals surface area contributed by atoms with Crippen molar-refractivity contribution in [3.05, 3.63) is 45.7 Å². The molecule has 1 amide bonds. The highest BCUT2D eigenvalue weighted by molar-refractivity contribution is 5.97. The van der Waals surface area contributed by atoms with Crippen LogP contribution in [0, 0.1) is 6.92 Å². The van der Waals surface area contributed by atoms with Crippen molar-refractivity contribution >= 4 is 16.8 Å². The van der Waals surface area contributed by atoms with Gasteiger partial charge in [-0.2, -0.15) is 0 Å². The standard InChI is InChI=1S/C17H22N2O2/c1-5-18(6-2)17(21)14-11-19(7-3)15-9-8-12(4)10-13(15)16(14)20/h8-11H,5-7H2,1-4H3. The third-order valence-corrected chi connectivity index (χ3v) is 3.86. The fourth-order valence-electron chi connectivity index (χ4n) is 2.61. The molecule has 0 aliphatic heterocycles. The van der Waals surface area contributed by atoms with Crippen LogP contribution >= 0.6 is 0 Å². The molecule has 0 aliphatic carbocycles. The summed E-state index contributed by atoms with van der Waals surface area (Å²) in [5.41, 5.74) is 1.99. The number of hydrogen-bond acceptors (Lipinski definition) is 2. The summed E-state index contributed by atoms with van der Waals surface area (Å²) in [7, 11) is 0. The lowest BCUT2D eigenvalue weighted by Crippen LogP contribution is -2.34. The van der Waals surface area contributed by atoms with Crippen LogP contribution in [0.15, 0.2) is 29.2 Å². The Bertz CT molecular complexity index is 727. The number of hydrogen-bond donors (Lipinski definition) is 0. The summed E-state index contributed by atoms with van der Waals surface area (Å²) in [6, 6.07) is 5.80. The van der Waals surface area contributed by atoms with Gasteiger partial charge in [0.05, 0.1) is 5.52 Å². The molecule has 21 heavy (non-hydrogen) atoms. The molecule has 0 saturated heterocycles. The van der Waals surface area contributed by atoms with E-state index in [4.69, 9.17) is 0 Å². The Morgan fingerprint density at radius 3 is 2.43 bits per heavy atom. The lowest BCUT2D eigenvalue weighted by Gasteiger charge is -2.19. The zero-order chi connectivity index (χ0) is 15.6. The van der Waals surface area contributed by atoms with Gasteiger partial charge >= 0.3 is 0 Å². The first-order valence-corrected chi connectivity index (χ1v) is 7.46. The highest BCUT2D eigenvalue weighted by Crippen LogP contribution is 2.15. The van der Waals surface area contributed by atoms with Crippen molar-refractivity contribution in [2.24, 2.45) is 0 Å². The third kappa shape index (κ3) is 2.71. The van der Waals surface area contributed by atoms with E-state index in [0.717, 1.165) is 17.6 Å².